The summed E-state index contributed by atoms with van der Waals surface area (Å²) in [5.74, 6) is 0.435. The summed E-state index contributed by atoms with van der Waals surface area (Å²) in [5, 5.41) is 0. The first-order chi connectivity index (χ1) is 10.9. The Morgan fingerprint density at radius 3 is 2.74 bits per heavy atom. The molecule has 2 aromatic carbocycles. The molecule has 0 radical (unpaired) electrons. The quantitative estimate of drug-likeness (QED) is 0.448. The summed E-state index contributed by atoms with van der Waals surface area (Å²) >= 11 is 3.40. The lowest BCUT2D eigenvalue weighted by Gasteiger charge is -2.05. The normalized spacial score (nSPS) is 14.6. The van der Waals surface area contributed by atoms with Crippen molar-refractivity contribution < 1.29 is 19.1 Å². The number of allylic oxidation sites excluding steroid dienone is 1. The van der Waals surface area contributed by atoms with Crippen LogP contribution >= 0.6 is 15.9 Å². The summed E-state index contributed by atoms with van der Waals surface area (Å²) < 4.78 is 11.7. The maximum absolute atomic E-state index is 12.5. The molecule has 0 fully saturated rings. The van der Waals surface area contributed by atoms with Crippen molar-refractivity contribution in [2.75, 3.05) is 0 Å². The Bertz CT molecular complexity index is 852. The number of carbonyl (C=O) groups is 2. The summed E-state index contributed by atoms with van der Waals surface area (Å²) in [4.78, 5) is 23.6. The smallest absolute Gasteiger partial charge is 0.308 e. The van der Waals surface area contributed by atoms with Gasteiger partial charge in [0.25, 0.3) is 0 Å². The highest BCUT2D eigenvalue weighted by Crippen LogP contribution is 2.37. The first kappa shape index (κ1) is 15.5. The van der Waals surface area contributed by atoms with Crippen molar-refractivity contribution in [1.29, 1.82) is 0 Å². The standard InChI is InChI=1S/C18H13BrO4/c1-10-6-14(22-11(2)20)9-15-17(10)18(21)16(23-15)8-12-4-3-5-13(19)7-12/h3-9H,1-2H3/b16-8-. The fourth-order valence-electron chi connectivity index (χ4n) is 2.45. The third-order valence-corrected chi connectivity index (χ3v) is 3.84. The SMILES string of the molecule is CC(=O)Oc1cc(C)c2c(c1)O/C(=C\c1cccc(Br)c1)C2=O. The van der Waals surface area contributed by atoms with Crippen LogP contribution in [0.4, 0.5) is 0 Å². The first-order valence-electron chi connectivity index (χ1n) is 6.97. The van der Waals surface area contributed by atoms with Crippen LogP contribution < -0.4 is 9.47 Å². The molecule has 5 heteroatoms. The number of aryl methyl sites for hydroxylation is 1. The zero-order chi connectivity index (χ0) is 16.6. The van der Waals surface area contributed by atoms with Crippen LogP contribution in [0.25, 0.3) is 6.08 Å². The molecule has 2 aromatic rings. The van der Waals surface area contributed by atoms with Crippen molar-refractivity contribution in [2.24, 2.45) is 0 Å². The van der Waals surface area contributed by atoms with E-state index in [2.05, 4.69) is 15.9 Å². The lowest BCUT2D eigenvalue weighted by molar-refractivity contribution is -0.131. The van der Waals surface area contributed by atoms with Gasteiger partial charge in [-0.15, -0.1) is 0 Å². The molecule has 0 spiro atoms. The molecule has 0 bridgehead atoms. The average molecular weight is 373 g/mol. The fourth-order valence-corrected chi connectivity index (χ4v) is 2.87. The number of fused-ring (bicyclic) bond motifs is 1. The van der Waals surface area contributed by atoms with Crippen LogP contribution in [0.5, 0.6) is 11.5 Å². The van der Waals surface area contributed by atoms with Crippen molar-refractivity contribution in [3.05, 3.63) is 63.3 Å². The van der Waals surface area contributed by atoms with Crippen molar-refractivity contribution in [1.82, 2.24) is 0 Å². The number of ether oxygens (including phenoxy) is 2. The van der Waals surface area contributed by atoms with Gasteiger partial charge in [0.15, 0.2) is 5.76 Å². The Morgan fingerprint density at radius 1 is 1.26 bits per heavy atom. The molecule has 0 unspecified atom stereocenters. The van der Waals surface area contributed by atoms with Crippen molar-refractivity contribution in [3.8, 4) is 11.5 Å². The molecule has 1 aliphatic rings. The van der Waals surface area contributed by atoms with Gasteiger partial charge in [0.05, 0.1) is 5.56 Å². The summed E-state index contributed by atoms with van der Waals surface area (Å²) in [6, 6.07) is 10.8. The van der Waals surface area contributed by atoms with Gasteiger partial charge >= 0.3 is 5.97 Å². The Labute approximate surface area is 141 Å². The first-order valence-corrected chi connectivity index (χ1v) is 7.76. The summed E-state index contributed by atoms with van der Waals surface area (Å²) in [5.41, 5.74) is 2.07. The molecular weight excluding hydrogens is 360 g/mol. The van der Waals surface area contributed by atoms with Crippen molar-refractivity contribution >= 4 is 33.8 Å². The van der Waals surface area contributed by atoms with E-state index in [4.69, 9.17) is 9.47 Å². The molecular formula is C18H13BrO4. The van der Waals surface area contributed by atoms with Crippen LogP contribution in [0.1, 0.15) is 28.4 Å². The Morgan fingerprint density at radius 2 is 2.04 bits per heavy atom. The maximum Gasteiger partial charge on any atom is 0.308 e. The molecule has 1 aliphatic heterocycles. The van der Waals surface area contributed by atoms with E-state index in [0.29, 0.717) is 22.6 Å². The van der Waals surface area contributed by atoms with Gasteiger partial charge in [0.1, 0.15) is 11.5 Å². The highest BCUT2D eigenvalue weighted by atomic mass is 79.9. The number of benzene rings is 2. The van der Waals surface area contributed by atoms with Crippen LogP contribution in [0, 0.1) is 6.92 Å². The topological polar surface area (TPSA) is 52.6 Å². The van der Waals surface area contributed by atoms with Crippen molar-refractivity contribution in [2.45, 2.75) is 13.8 Å². The molecule has 0 N–H and O–H groups in total. The number of Topliss-reactive ketones (excluding diaryl/α,β-unsaturated/α-hetero) is 1. The molecule has 0 aliphatic carbocycles. The van der Waals surface area contributed by atoms with Gasteiger partial charge in [-0.2, -0.15) is 0 Å². The predicted molar refractivity (Wildman–Crippen MR) is 89.6 cm³/mol. The molecule has 0 saturated carbocycles. The van der Waals surface area contributed by atoms with Gasteiger partial charge in [0.2, 0.25) is 5.78 Å². The number of carbonyl (C=O) groups excluding carboxylic acids is 2. The predicted octanol–water partition coefficient (Wildman–Crippen LogP) is 4.30. The minimum Gasteiger partial charge on any atom is -0.452 e. The number of rotatable bonds is 2. The van der Waals surface area contributed by atoms with Gasteiger partial charge in [0, 0.05) is 17.5 Å². The van der Waals surface area contributed by atoms with E-state index in [1.807, 2.05) is 24.3 Å². The molecule has 3 rings (SSSR count). The lowest BCUT2D eigenvalue weighted by atomic mass is 10.0. The number of esters is 1. The third kappa shape index (κ3) is 3.19. The zero-order valence-electron chi connectivity index (χ0n) is 12.6. The molecule has 0 atom stereocenters. The number of halogens is 1. The zero-order valence-corrected chi connectivity index (χ0v) is 14.1. The largest absolute Gasteiger partial charge is 0.452 e. The van der Waals surface area contributed by atoms with Gasteiger partial charge in [-0.05, 0) is 42.3 Å². The molecule has 0 amide bonds. The summed E-state index contributed by atoms with van der Waals surface area (Å²) in [7, 11) is 0. The van der Waals surface area contributed by atoms with E-state index < -0.39 is 5.97 Å². The van der Waals surface area contributed by atoms with Gasteiger partial charge in [-0.25, -0.2) is 0 Å². The minimum absolute atomic E-state index is 0.174. The van der Waals surface area contributed by atoms with Crippen LogP contribution in [-0.2, 0) is 4.79 Å². The highest BCUT2D eigenvalue weighted by molar-refractivity contribution is 9.10. The van der Waals surface area contributed by atoms with Crippen LogP contribution in [0.2, 0.25) is 0 Å². The molecule has 116 valence electrons. The monoisotopic (exact) mass is 372 g/mol. The molecule has 23 heavy (non-hydrogen) atoms. The van der Waals surface area contributed by atoms with E-state index in [0.717, 1.165) is 10.0 Å². The van der Waals surface area contributed by atoms with Gasteiger partial charge in [-0.1, -0.05) is 28.1 Å². The van der Waals surface area contributed by atoms with Crippen LogP contribution in [0.15, 0.2) is 46.6 Å². The maximum atomic E-state index is 12.5. The van der Waals surface area contributed by atoms with E-state index in [1.165, 1.54) is 6.92 Å². The van der Waals surface area contributed by atoms with Gasteiger partial charge in [-0.3, -0.25) is 9.59 Å². The fraction of sp³-hybridized carbons (Fsp3) is 0.111. The summed E-state index contributed by atoms with van der Waals surface area (Å²) in [6.45, 7) is 3.11. The molecule has 0 aromatic heterocycles. The number of ketones is 1. The Hall–Kier alpha value is -2.40. The van der Waals surface area contributed by atoms with E-state index >= 15 is 0 Å². The molecule has 1 heterocycles. The highest BCUT2D eigenvalue weighted by Gasteiger charge is 2.30. The number of hydrogen-bond acceptors (Lipinski definition) is 4. The van der Waals surface area contributed by atoms with E-state index in [1.54, 1.807) is 25.1 Å². The van der Waals surface area contributed by atoms with Crippen molar-refractivity contribution in [3.63, 3.8) is 0 Å². The van der Waals surface area contributed by atoms with Gasteiger partial charge < -0.3 is 9.47 Å². The van der Waals surface area contributed by atoms with Crippen LogP contribution in [-0.4, -0.2) is 11.8 Å². The van der Waals surface area contributed by atoms with E-state index in [-0.39, 0.29) is 11.5 Å². The second-order valence-electron chi connectivity index (χ2n) is 5.20. The second kappa shape index (κ2) is 6.01. The van der Waals surface area contributed by atoms with Crippen LogP contribution in [0.3, 0.4) is 0 Å². The molecule has 4 nitrogen and oxygen atoms in total. The summed E-state index contributed by atoms with van der Waals surface area (Å²) in [6.07, 6.45) is 1.69. The number of hydrogen-bond donors (Lipinski definition) is 0. The lowest BCUT2D eigenvalue weighted by Crippen LogP contribution is -2.02. The second-order valence-corrected chi connectivity index (χ2v) is 6.12. The Kier molecular flexibility index (Phi) is 4.05. The van der Waals surface area contributed by atoms with E-state index in [9.17, 15) is 9.59 Å². The molecule has 0 saturated heterocycles. The average Bonchev–Trinajstić information content (AvgIpc) is 2.75. The third-order valence-electron chi connectivity index (χ3n) is 3.35. The minimum atomic E-state index is -0.418. The Balaban J connectivity index is 1.98.